The van der Waals surface area contributed by atoms with Crippen LogP contribution in [-0.4, -0.2) is 43.4 Å². The number of nitrogens with one attached hydrogen (secondary N) is 1. The number of aromatic carboxylic acids is 1. The topological polar surface area (TPSA) is 104 Å². The molecular formula is C25H27Cl2NO5S2. The van der Waals surface area contributed by atoms with Gasteiger partial charge in [0.2, 0.25) is 9.84 Å². The summed E-state index contributed by atoms with van der Waals surface area (Å²) < 4.78 is 26.2. The lowest BCUT2D eigenvalue weighted by Gasteiger charge is -2.18. The number of aliphatic hydroxyl groups excluding tert-OH is 1. The van der Waals surface area contributed by atoms with Crippen molar-refractivity contribution in [3.8, 4) is 0 Å². The van der Waals surface area contributed by atoms with Crippen molar-refractivity contribution in [2.45, 2.75) is 40.2 Å². The van der Waals surface area contributed by atoms with Crippen LogP contribution in [0.4, 0.5) is 0 Å². The van der Waals surface area contributed by atoms with Gasteiger partial charge in [0.15, 0.2) is 0 Å². The highest BCUT2D eigenvalue weighted by Gasteiger charge is 2.25. The number of benzene rings is 3. The Morgan fingerprint density at radius 2 is 1.77 bits per heavy atom. The fraction of sp³-hybridized carbons (Fsp3) is 0.240. The van der Waals surface area contributed by atoms with E-state index in [1.54, 1.807) is 42.7 Å². The Bertz CT molecular complexity index is 1270. The second kappa shape index (κ2) is 12.8. The van der Waals surface area contributed by atoms with Crippen LogP contribution < -0.4 is 5.32 Å². The van der Waals surface area contributed by atoms with Crippen LogP contribution >= 0.6 is 35.8 Å². The van der Waals surface area contributed by atoms with Gasteiger partial charge in [-0.15, -0.1) is 24.2 Å². The number of hydrogen-bond acceptors (Lipinski definition) is 6. The van der Waals surface area contributed by atoms with Crippen molar-refractivity contribution >= 4 is 51.6 Å². The van der Waals surface area contributed by atoms with Crippen molar-refractivity contribution < 1.29 is 23.4 Å². The minimum atomic E-state index is -3.99. The van der Waals surface area contributed by atoms with Crippen LogP contribution in [0.1, 0.15) is 34.5 Å². The monoisotopic (exact) mass is 555 g/mol. The van der Waals surface area contributed by atoms with Gasteiger partial charge >= 0.3 is 5.97 Å². The molecule has 0 bridgehead atoms. The lowest BCUT2D eigenvalue weighted by molar-refractivity contribution is 0.0692. The van der Waals surface area contributed by atoms with E-state index in [0.717, 1.165) is 11.1 Å². The predicted octanol–water partition coefficient (Wildman–Crippen LogP) is 5.27. The van der Waals surface area contributed by atoms with Gasteiger partial charge in [-0.3, -0.25) is 0 Å². The first-order valence-electron chi connectivity index (χ1n) is 10.5. The maximum absolute atomic E-state index is 13.1. The van der Waals surface area contributed by atoms with E-state index in [2.05, 4.69) is 5.32 Å². The summed E-state index contributed by atoms with van der Waals surface area (Å²) >= 11 is 7.32. The molecule has 0 amide bonds. The molecule has 35 heavy (non-hydrogen) atoms. The summed E-state index contributed by atoms with van der Waals surface area (Å²) in [6.07, 6.45) is 1.71. The van der Waals surface area contributed by atoms with Crippen molar-refractivity contribution in [3.63, 3.8) is 0 Å². The lowest BCUT2D eigenvalue weighted by Crippen LogP contribution is -2.32. The zero-order chi connectivity index (χ0) is 24.9. The van der Waals surface area contributed by atoms with E-state index in [4.69, 9.17) is 11.6 Å². The number of halogens is 2. The molecule has 188 valence electrons. The highest BCUT2D eigenvalue weighted by Crippen LogP contribution is 2.28. The largest absolute Gasteiger partial charge is 0.478 e. The number of carboxylic acids is 1. The fourth-order valence-electron chi connectivity index (χ4n) is 3.54. The molecular weight excluding hydrogens is 529 g/mol. The number of thioether (sulfide) groups is 1. The van der Waals surface area contributed by atoms with Crippen molar-refractivity contribution in [3.05, 3.63) is 88.4 Å². The van der Waals surface area contributed by atoms with Crippen molar-refractivity contribution in [1.29, 1.82) is 0 Å². The van der Waals surface area contributed by atoms with Gasteiger partial charge in [-0.2, -0.15) is 0 Å². The van der Waals surface area contributed by atoms with Crippen LogP contribution in [0.25, 0.3) is 0 Å². The van der Waals surface area contributed by atoms with Gasteiger partial charge in [0.05, 0.1) is 21.5 Å². The van der Waals surface area contributed by atoms with Gasteiger partial charge in [0.1, 0.15) is 0 Å². The van der Waals surface area contributed by atoms with Gasteiger partial charge < -0.3 is 15.5 Å². The maximum Gasteiger partial charge on any atom is 0.337 e. The van der Waals surface area contributed by atoms with Crippen LogP contribution in [0.3, 0.4) is 0 Å². The van der Waals surface area contributed by atoms with E-state index in [1.165, 1.54) is 36.0 Å². The third kappa shape index (κ3) is 7.46. The number of carbonyl (C=O) groups is 1. The molecule has 3 rings (SSSR count). The summed E-state index contributed by atoms with van der Waals surface area (Å²) in [6, 6.07) is 17.8. The molecule has 0 aromatic heterocycles. The number of sulfone groups is 1. The van der Waals surface area contributed by atoms with Crippen LogP contribution in [0.15, 0.2) is 81.4 Å². The number of hydrogen-bond donors (Lipinski definition) is 3. The standard InChI is InChI=1S/C25H26ClNO5S2.ClH/c1-16(27-15-23(28)18-4-3-5-19(26)13-18)12-17-6-9-21(10-7-17)34(31,32)24-11-8-20(33-2)14-22(24)25(29)30;/h3-11,13-14,16,23,27-28H,12,15H2,1-2H3,(H,29,30);1H/t16-,23-;/m1./s1. The first-order valence-corrected chi connectivity index (χ1v) is 13.6. The second-order valence-electron chi connectivity index (χ2n) is 7.90. The van der Waals surface area contributed by atoms with Gasteiger partial charge in [-0.25, -0.2) is 13.2 Å². The molecule has 0 aliphatic heterocycles. The molecule has 6 nitrogen and oxygen atoms in total. The minimum Gasteiger partial charge on any atom is -0.478 e. The SMILES string of the molecule is CSc1ccc(S(=O)(=O)c2ccc(C[C@@H](C)NC[C@@H](O)c3cccc(Cl)c3)cc2)c(C(=O)O)c1.Cl. The van der Waals surface area contributed by atoms with Crippen LogP contribution in [0.5, 0.6) is 0 Å². The summed E-state index contributed by atoms with van der Waals surface area (Å²) in [6.45, 7) is 2.32. The van der Waals surface area contributed by atoms with Crippen LogP contribution in [0, 0.1) is 0 Å². The fourth-order valence-corrected chi connectivity index (χ4v) is 5.61. The molecule has 3 aromatic rings. The Labute approximate surface area is 221 Å². The van der Waals surface area contributed by atoms with Crippen molar-refractivity contribution in [1.82, 2.24) is 5.32 Å². The van der Waals surface area contributed by atoms with E-state index < -0.39 is 21.9 Å². The molecule has 0 aliphatic rings. The maximum atomic E-state index is 13.1. The van der Waals surface area contributed by atoms with E-state index in [-0.39, 0.29) is 33.8 Å². The molecule has 0 saturated heterocycles. The molecule has 0 fully saturated rings. The quantitative estimate of drug-likeness (QED) is 0.293. The smallest absolute Gasteiger partial charge is 0.337 e. The molecule has 0 heterocycles. The Morgan fingerprint density at radius 1 is 1.09 bits per heavy atom. The number of aliphatic hydroxyl groups is 1. The van der Waals surface area contributed by atoms with E-state index >= 15 is 0 Å². The first kappa shape index (κ1) is 29.2. The minimum absolute atomic E-state index is 0. The summed E-state index contributed by atoms with van der Waals surface area (Å²) in [5, 5.41) is 23.7. The Balaban J connectivity index is 0.00000432. The molecule has 0 unspecified atom stereocenters. The van der Waals surface area contributed by atoms with Crippen molar-refractivity contribution in [2.75, 3.05) is 12.8 Å². The highest BCUT2D eigenvalue weighted by atomic mass is 35.5. The zero-order valence-corrected chi connectivity index (χ0v) is 22.3. The summed E-state index contributed by atoms with van der Waals surface area (Å²) in [4.78, 5) is 12.1. The average molecular weight is 557 g/mol. The van der Waals surface area contributed by atoms with Gasteiger partial charge in [-0.1, -0.05) is 35.9 Å². The van der Waals surface area contributed by atoms with Gasteiger partial charge in [-0.05, 0) is 73.2 Å². The zero-order valence-electron chi connectivity index (χ0n) is 19.1. The van der Waals surface area contributed by atoms with Crippen molar-refractivity contribution in [2.24, 2.45) is 0 Å². The molecule has 0 aliphatic carbocycles. The van der Waals surface area contributed by atoms with E-state index in [0.29, 0.717) is 22.9 Å². The summed E-state index contributed by atoms with van der Waals surface area (Å²) in [5.41, 5.74) is 1.40. The Morgan fingerprint density at radius 3 is 2.37 bits per heavy atom. The third-order valence-corrected chi connectivity index (χ3v) is 8.16. The second-order valence-corrected chi connectivity index (χ2v) is 11.1. The third-order valence-electron chi connectivity index (χ3n) is 5.38. The van der Waals surface area contributed by atoms with Gasteiger partial charge in [0, 0.05) is 22.5 Å². The first-order chi connectivity index (χ1) is 16.1. The number of carboxylic acid groups (broad SMARTS) is 1. The molecule has 0 saturated carbocycles. The lowest BCUT2D eigenvalue weighted by atomic mass is 10.1. The molecule has 2 atom stereocenters. The van der Waals surface area contributed by atoms with E-state index in [1.807, 2.05) is 13.0 Å². The average Bonchev–Trinajstić information content (AvgIpc) is 2.82. The van der Waals surface area contributed by atoms with Gasteiger partial charge in [0.25, 0.3) is 0 Å². The highest BCUT2D eigenvalue weighted by molar-refractivity contribution is 7.98. The normalized spacial score (nSPS) is 13.0. The molecule has 3 aromatic carbocycles. The molecule has 3 N–H and O–H groups in total. The summed E-state index contributed by atoms with van der Waals surface area (Å²) in [7, 11) is -3.99. The molecule has 0 spiro atoms. The molecule has 10 heteroatoms. The Kier molecular flexibility index (Phi) is 10.6. The predicted molar refractivity (Wildman–Crippen MR) is 142 cm³/mol. The number of rotatable bonds is 10. The Hall–Kier alpha value is -2.07. The van der Waals surface area contributed by atoms with E-state index in [9.17, 15) is 23.4 Å². The van der Waals surface area contributed by atoms with Crippen LogP contribution in [0.2, 0.25) is 5.02 Å². The van der Waals surface area contributed by atoms with Crippen LogP contribution in [-0.2, 0) is 16.3 Å². The summed E-state index contributed by atoms with van der Waals surface area (Å²) in [5.74, 6) is -1.29. The molecule has 0 radical (unpaired) electrons.